The van der Waals surface area contributed by atoms with Gasteiger partial charge in [-0.25, -0.2) is 4.98 Å². The van der Waals surface area contributed by atoms with Crippen LogP contribution < -0.4 is 10.3 Å². The smallest absolute Gasteiger partial charge is 0.274 e. The van der Waals surface area contributed by atoms with E-state index in [1.54, 1.807) is 36.4 Å². The van der Waals surface area contributed by atoms with Crippen molar-refractivity contribution in [3.8, 4) is 5.75 Å². The molecule has 0 atom stereocenters. The molecule has 0 aliphatic rings. The first-order chi connectivity index (χ1) is 14.1. The number of halogens is 1. The lowest BCUT2D eigenvalue weighted by atomic mass is 10.1. The molecule has 144 valence electrons. The number of aromatic nitrogens is 2. The van der Waals surface area contributed by atoms with Crippen LogP contribution in [0.1, 0.15) is 16.8 Å². The molecule has 5 nitrogen and oxygen atoms in total. The highest BCUT2D eigenvalue weighted by molar-refractivity contribution is 9.10. The molecule has 0 radical (unpaired) electrons. The first-order valence-corrected chi connectivity index (χ1v) is 9.75. The lowest BCUT2D eigenvalue weighted by Gasteiger charge is -2.07. The molecule has 0 spiro atoms. The number of hydrogen-bond donors (Lipinski definition) is 2. The van der Waals surface area contributed by atoms with Crippen LogP contribution in [-0.2, 0) is 6.61 Å². The lowest BCUT2D eigenvalue weighted by molar-refractivity contribution is 0.306. The fourth-order valence-electron chi connectivity index (χ4n) is 2.85. The SMILES string of the molecule is O=c1[nH]c2cc(Br)ccc2nc1C=C(O)c1ccc(OCc2ccccc2)cc1. The van der Waals surface area contributed by atoms with Crippen LogP contribution in [0.3, 0.4) is 0 Å². The van der Waals surface area contributed by atoms with Crippen molar-refractivity contribution in [1.82, 2.24) is 9.97 Å². The van der Waals surface area contributed by atoms with Gasteiger partial charge in [0.2, 0.25) is 0 Å². The van der Waals surface area contributed by atoms with E-state index in [9.17, 15) is 9.90 Å². The van der Waals surface area contributed by atoms with E-state index in [2.05, 4.69) is 25.9 Å². The van der Waals surface area contributed by atoms with Crippen molar-refractivity contribution in [1.29, 1.82) is 0 Å². The van der Waals surface area contributed by atoms with E-state index in [0.717, 1.165) is 10.0 Å². The highest BCUT2D eigenvalue weighted by Crippen LogP contribution is 2.20. The number of fused-ring (bicyclic) bond motifs is 1. The third-order valence-electron chi connectivity index (χ3n) is 4.35. The van der Waals surface area contributed by atoms with Crippen molar-refractivity contribution in [3.63, 3.8) is 0 Å². The van der Waals surface area contributed by atoms with Crippen LogP contribution in [0.2, 0.25) is 0 Å². The molecule has 0 amide bonds. The van der Waals surface area contributed by atoms with E-state index < -0.39 is 0 Å². The molecule has 0 saturated carbocycles. The number of H-pyrrole nitrogens is 1. The van der Waals surface area contributed by atoms with Gasteiger partial charge in [0.15, 0.2) is 0 Å². The van der Waals surface area contributed by atoms with Gasteiger partial charge in [-0.2, -0.15) is 0 Å². The third-order valence-corrected chi connectivity index (χ3v) is 4.85. The summed E-state index contributed by atoms with van der Waals surface area (Å²) in [5.74, 6) is 0.645. The van der Waals surface area contributed by atoms with Gasteiger partial charge in [0, 0.05) is 16.1 Å². The standard InChI is InChI=1S/C23H17BrN2O3/c24-17-8-11-19-20(12-17)26-23(28)21(25-19)13-22(27)16-6-9-18(10-7-16)29-14-15-4-2-1-3-5-15/h1-13,27H,14H2,(H,26,28). The number of hydrogen-bond acceptors (Lipinski definition) is 4. The fraction of sp³-hybridized carbons (Fsp3) is 0.0435. The molecule has 1 aromatic heterocycles. The number of nitrogens with one attached hydrogen (secondary N) is 1. The minimum atomic E-state index is -0.370. The van der Waals surface area contributed by atoms with Crippen molar-refractivity contribution in [2.24, 2.45) is 0 Å². The Morgan fingerprint density at radius 2 is 1.83 bits per heavy atom. The normalized spacial score (nSPS) is 11.6. The maximum Gasteiger partial charge on any atom is 0.274 e. The quantitative estimate of drug-likeness (QED) is 0.405. The Morgan fingerprint density at radius 1 is 1.07 bits per heavy atom. The Morgan fingerprint density at radius 3 is 2.59 bits per heavy atom. The molecule has 0 unspecified atom stereocenters. The summed E-state index contributed by atoms with van der Waals surface area (Å²) in [5.41, 5.74) is 2.67. The Balaban J connectivity index is 1.53. The van der Waals surface area contributed by atoms with Crippen LogP contribution in [0.5, 0.6) is 5.75 Å². The van der Waals surface area contributed by atoms with Crippen LogP contribution in [0.25, 0.3) is 22.9 Å². The summed E-state index contributed by atoms with van der Waals surface area (Å²) < 4.78 is 6.60. The lowest BCUT2D eigenvalue weighted by Crippen LogP contribution is -2.12. The highest BCUT2D eigenvalue weighted by atomic mass is 79.9. The highest BCUT2D eigenvalue weighted by Gasteiger charge is 2.07. The van der Waals surface area contributed by atoms with E-state index in [-0.39, 0.29) is 17.0 Å². The van der Waals surface area contributed by atoms with Crippen molar-refractivity contribution in [2.45, 2.75) is 6.61 Å². The molecule has 29 heavy (non-hydrogen) atoms. The molecule has 0 aliphatic carbocycles. The summed E-state index contributed by atoms with van der Waals surface area (Å²) in [6.45, 7) is 0.467. The van der Waals surface area contributed by atoms with Gasteiger partial charge in [0.25, 0.3) is 5.56 Å². The first kappa shape index (κ1) is 19.0. The number of benzene rings is 3. The Labute approximate surface area is 175 Å². The summed E-state index contributed by atoms with van der Waals surface area (Å²) in [6.07, 6.45) is 1.36. The molecule has 0 fully saturated rings. The Bertz CT molecular complexity index is 1230. The van der Waals surface area contributed by atoms with Gasteiger partial charge in [-0.1, -0.05) is 46.3 Å². The fourth-order valence-corrected chi connectivity index (χ4v) is 3.21. The molecule has 2 N–H and O–H groups in total. The predicted octanol–water partition coefficient (Wildman–Crippen LogP) is 5.32. The summed E-state index contributed by atoms with van der Waals surface area (Å²) >= 11 is 3.36. The maximum atomic E-state index is 12.3. The van der Waals surface area contributed by atoms with Gasteiger partial charge < -0.3 is 14.8 Å². The number of rotatable bonds is 5. The Hall–Kier alpha value is -3.38. The van der Waals surface area contributed by atoms with Crippen LogP contribution in [0.4, 0.5) is 0 Å². The second-order valence-electron chi connectivity index (χ2n) is 6.44. The van der Waals surface area contributed by atoms with E-state index in [1.807, 2.05) is 36.4 Å². The van der Waals surface area contributed by atoms with Crippen LogP contribution in [0, 0.1) is 0 Å². The largest absolute Gasteiger partial charge is 0.507 e. The van der Waals surface area contributed by atoms with E-state index in [0.29, 0.717) is 29.0 Å². The summed E-state index contributed by atoms with van der Waals surface area (Å²) in [7, 11) is 0. The van der Waals surface area contributed by atoms with Crippen LogP contribution in [-0.4, -0.2) is 15.1 Å². The van der Waals surface area contributed by atoms with E-state index >= 15 is 0 Å². The first-order valence-electron chi connectivity index (χ1n) is 8.96. The second kappa shape index (κ2) is 8.32. The monoisotopic (exact) mass is 448 g/mol. The molecule has 0 saturated heterocycles. The topological polar surface area (TPSA) is 75.2 Å². The van der Waals surface area contributed by atoms with Gasteiger partial charge in [0.1, 0.15) is 23.8 Å². The van der Waals surface area contributed by atoms with Crippen LogP contribution >= 0.6 is 15.9 Å². The maximum absolute atomic E-state index is 12.3. The molecule has 4 rings (SSSR count). The zero-order chi connectivity index (χ0) is 20.2. The Kier molecular flexibility index (Phi) is 5.44. The minimum absolute atomic E-state index is 0.0472. The molecular weight excluding hydrogens is 432 g/mol. The second-order valence-corrected chi connectivity index (χ2v) is 7.36. The number of aromatic amines is 1. The van der Waals surface area contributed by atoms with Gasteiger partial charge in [-0.05, 0) is 48.0 Å². The van der Waals surface area contributed by atoms with Gasteiger partial charge in [-0.15, -0.1) is 0 Å². The molecule has 0 bridgehead atoms. The zero-order valence-electron chi connectivity index (χ0n) is 15.3. The van der Waals surface area contributed by atoms with Crippen molar-refractivity contribution in [3.05, 3.63) is 104 Å². The average molecular weight is 449 g/mol. The summed E-state index contributed by atoms with van der Waals surface area (Å²) in [6, 6.07) is 22.3. The summed E-state index contributed by atoms with van der Waals surface area (Å²) in [4.78, 5) is 19.4. The molecule has 0 aliphatic heterocycles. The van der Waals surface area contributed by atoms with Crippen molar-refractivity contribution < 1.29 is 9.84 Å². The van der Waals surface area contributed by atoms with E-state index in [1.165, 1.54) is 6.08 Å². The zero-order valence-corrected chi connectivity index (χ0v) is 16.9. The molecular formula is C23H17BrN2O3. The van der Waals surface area contributed by atoms with Gasteiger partial charge in [0.05, 0.1) is 11.0 Å². The van der Waals surface area contributed by atoms with E-state index in [4.69, 9.17) is 4.74 Å². The predicted molar refractivity (Wildman–Crippen MR) is 118 cm³/mol. The summed E-state index contributed by atoms with van der Waals surface area (Å²) in [5, 5.41) is 10.4. The average Bonchev–Trinajstić information content (AvgIpc) is 2.74. The van der Waals surface area contributed by atoms with Crippen LogP contribution in [0.15, 0.2) is 82.1 Å². The molecule has 6 heteroatoms. The van der Waals surface area contributed by atoms with Gasteiger partial charge >= 0.3 is 0 Å². The molecule has 3 aromatic carbocycles. The van der Waals surface area contributed by atoms with Crippen molar-refractivity contribution in [2.75, 3.05) is 0 Å². The molecule has 4 aromatic rings. The van der Waals surface area contributed by atoms with Gasteiger partial charge in [-0.3, -0.25) is 4.79 Å². The molecule has 1 heterocycles. The minimum Gasteiger partial charge on any atom is -0.507 e. The third kappa shape index (κ3) is 4.55. The number of aliphatic hydroxyl groups is 1. The number of ether oxygens (including phenoxy) is 1. The van der Waals surface area contributed by atoms with Crippen molar-refractivity contribution >= 4 is 38.8 Å². The number of aliphatic hydroxyl groups excluding tert-OH is 1. The number of nitrogens with zero attached hydrogens (tertiary/aromatic N) is 1.